The average molecular weight is 407 g/mol. The Labute approximate surface area is 153 Å². The van der Waals surface area contributed by atoms with Gasteiger partial charge in [-0.3, -0.25) is 9.52 Å². The first-order valence-electron chi connectivity index (χ1n) is 7.30. The van der Waals surface area contributed by atoms with E-state index in [4.69, 9.17) is 11.6 Å². The second kappa shape index (κ2) is 7.55. The third kappa shape index (κ3) is 5.12. The average Bonchev–Trinajstić information content (AvgIpc) is 2.56. The number of alkyl halides is 3. The molecule has 0 spiro atoms. The zero-order chi connectivity index (χ0) is 19.5. The predicted octanol–water partition coefficient (Wildman–Crippen LogP) is 4.37. The standard InChI is InChI=1S/C16H14ClF3N2O3S/c1-2-26(24,25)22-14-7-6-12(9-13(14)17)21-15(23)10-4-3-5-11(8-10)16(18,19)20/h3-9,22H,2H2,1H3,(H,21,23). The number of halogens is 4. The predicted molar refractivity (Wildman–Crippen MR) is 93.9 cm³/mol. The first-order chi connectivity index (χ1) is 12.0. The van der Waals surface area contributed by atoms with Crippen LogP contribution in [0, 0.1) is 0 Å². The van der Waals surface area contributed by atoms with Gasteiger partial charge in [0.05, 0.1) is 22.0 Å². The molecule has 2 aromatic carbocycles. The second-order valence-corrected chi connectivity index (χ2v) is 7.65. The summed E-state index contributed by atoms with van der Waals surface area (Å²) in [6, 6.07) is 8.00. The number of carbonyl (C=O) groups is 1. The molecule has 0 aromatic heterocycles. The lowest BCUT2D eigenvalue weighted by molar-refractivity contribution is -0.137. The Morgan fingerprint density at radius 2 is 1.85 bits per heavy atom. The molecule has 0 saturated carbocycles. The fraction of sp³-hybridized carbons (Fsp3) is 0.188. The van der Waals surface area contributed by atoms with Crippen molar-refractivity contribution in [2.24, 2.45) is 0 Å². The Morgan fingerprint density at radius 1 is 1.15 bits per heavy atom. The number of hydrogen-bond acceptors (Lipinski definition) is 3. The van der Waals surface area contributed by atoms with Crippen molar-refractivity contribution in [3.8, 4) is 0 Å². The van der Waals surface area contributed by atoms with Gasteiger partial charge in [0, 0.05) is 11.3 Å². The maximum atomic E-state index is 12.7. The van der Waals surface area contributed by atoms with Crippen LogP contribution in [0.2, 0.25) is 5.02 Å². The van der Waals surface area contributed by atoms with Crippen molar-refractivity contribution in [1.29, 1.82) is 0 Å². The van der Waals surface area contributed by atoms with Gasteiger partial charge in [0.1, 0.15) is 0 Å². The normalized spacial score (nSPS) is 11.9. The minimum Gasteiger partial charge on any atom is -0.322 e. The maximum Gasteiger partial charge on any atom is 0.416 e. The van der Waals surface area contributed by atoms with Gasteiger partial charge in [-0.05, 0) is 43.3 Å². The maximum absolute atomic E-state index is 12.7. The SMILES string of the molecule is CCS(=O)(=O)Nc1ccc(NC(=O)c2cccc(C(F)(F)F)c2)cc1Cl. The lowest BCUT2D eigenvalue weighted by Gasteiger charge is -2.11. The number of nitrogens with one attached hydrogen (secondary N) is 2. The van der Waals surface area contributed by atoms with Gasteiger partial charge in [0.25, 0.3) is 5.91 Å². The second-order valence-electron chi connectivity index (χ2n) is 5.23. The first-order valence-corrected chi connectivity index (χ1v) is 9.33. The Kier molecular flexibility index (Phi) is 5.82. The minimum absolute atomic E-state index is 0.0314. The molecule has 2 aromatic rings. The van der Waals surface area contributed by atoms with Gasteiger partial charge < -0.3 is 5.32 Å². The van der Waals surface area contributed by atoms with Crippen molar-refractivity contribution in [2.75, 3.05) is 15.8 Å². The largest absolute Gasteiger partial charge is 0.416 e. The van der Waals surface area contributed by atoms with E-state index < -0.39 is 27.7 Å². The summed E-state index contributed by atoms with van der Waals surface area (Å²) in [7, 11) is -3.52. The first kappa shape index (κ1) is 20.1. The summed E-state index contributed by atoms with van der Waals surface area (Å²) in [6.45, 7) is 1.46. The Hall–Kier alpha value is -2.26. The Bertz CT molecular complexity index is 931. The zero-order valence-electron chi connectivity index (χ0n) is 13.4. The van der Waals surface area contributed by atoms with Crippen LogP contribution >= 0.6 is 11.6 Å². The quantitative estimate of drug-likeness (QED) is 0.774. The summed E-state index contributed by atoms with van der Waals surface area (Å²) in [5.74, 6) is -0.897. The van der Waals surface area contributed by atoms with E-state index in [1.165, 1.54) is 31.2 Å². The van der Waals surface area contributed by atoms with E-state index in [9.17, 15) is 26.4 Å². The molecule has 140 valence electrons. The number of benzene rings is 2. The van der Waals surface area contributed by atoms with Gasteiger partial charge in [-0.1, -0.05) is 17.7 Å². The fourth-order valence-electron chi connectivity index (χ4n) is 1.96. The molecule has 0 atom stereocenters. The summed E-state index contributed by atoms with van der Waals surface area (Å²) in [5, 5.41) is 2.45. The highest BCUT2D eigenvalue weighted by atomic mass is 35.5. The van der Waals surface area contributed by atoms with Crippen LogP contribution in [0.1, 0.15) is 22.8 Å². The van der Waals surface area contributed by atoms with Gasteiger partial charge in [-0.15, -0.1) is 0 Å². The molecule has 0 unspecified atom stereocenters. The highest BCUT2D eigenvalue weighted by Gasteiger charge is 2.30. The Morgan fingerprint density at radius 3 is 2.42 bits per heavy atom. The number of hydrogen-bond donors (Lipinski definition) is 2. The molecule has 0 fully saturated rings. The van der Waals surface area contributed by atoms with E-state index in [1.54, 1.807) is 0 Å². The zero-order valence-corrected chi connectivity index (χ0v) is 15.0. The van der Waals surface area contributed by atoms with Crippen molar-refractivity contribution >= 4 is 38.9 Å². The van der Waals surface area contributed by atoms with Crippen molar-refractivity contribution < 1.29 is 26.4 Å². The highest BCUT2D eigenvalue weighted by Crippen LogP contribution is 2.30. The molecule has 1 amide bonds. The van der Waals surface area contributed by atoms with Gasteiger partial charge in [0.2, 0.25) is 10.0 Å². The van der Waals surface area contributed by atoms with Crippen molar-refractivity contribution in [3.63, 3.8) is 0 Å². The van der Waals surface area contributed by atoms with Crippen LogP contribution in [0.3, 0.4) is 0 Å². The van der Waals surface area contributed by atoms with E-state index >= 15 is 0 Å². The molecular formula is C16H14ClF3N2O3S. The van der Waals surface area contributed by atoms with Crippen LogP contribution in [0.5, 0.6) is 0 Å². The number of amides is 1. The molecule has 0 saturated heterocycles. The molecule has 0 bridgehead atoms. The van der Waals surface area contributed by atoms with Crippen LogP contribution < -0.4 is 10.0 Å². The summed E-state index contributed by atoms with van der Waals surface area (Å²) in [5.41, 5.74) is -0.776. The van der Waals surface area contributed by atoms with E-state index in [-0.39, 0.29) is 27.7 Å². The number of carbonyl (C=O) groups excluding carboxylic acids is 1. The molecule has 0 aliphatic heterocycles. The van der Waals surface area contributed by atoms with Gasteiger partial charge in [0.15, 0.2) is 0 Å². The molecule has 2 rings (SSSR count). The van der Waals surface area contributed by atoms with E-state index in [0.29, 0.717) is 0 Å². The summed E-state index contributed by atoms with van der Waals surface area (Å²) < 4.78 is 63.5. The molecule has 5 nitrogen and oxygen atoms in total. The molecule has 26 heavy (non-hydrogen) atoms. The van der Waals surface area contributed by atoms with Gasteiger partial charge >= 0.3 is 6.18 Å². The number of sulfonamides is 1. The van der Waals surface area contributed by atoms with E-state index in [2.05, 4.69) is 10.0 Å². The summed E-state index contributed by atoms with van der Waals surface area (Å²) in [4.78, 5) is 12.1. The third-order valence-electron chi connectivity index (χ3n) is 3.32. The van der Waals surface area contributed by atoms with Gasteiger partial charge in [-0.25, -0.2) is 8.42 Å². The molecule has 0 aliphatic rings. The topological polar surface area (TPSA) is 75.3 Å². The van der Waals surface area contributed by atoms with Crippen molar-refractivity contribution in [1.82, 2.24) is 0 Å². The molecule has 0 radical (unpaired) electrons. The van der Waals surface area contributed by atoms with Crippen molar-refractivity contribution in [2.45, 2.75) is 13.1 Å². The fourth-order valence-corrected chi connectivity index (χ4v) is 2.90. The van der Waals surface area contributed by atoms with E-state index in [0.717, 1.165) is 18.2 Å². The molecule has 2 N–H and O–H groups in total. The number of rotatable bonds is 5. The van der Waals surface area contributed by atoms with Crippen molar-refractivity contribution in [3.05, 3.63) is 58.6 Å². The molecule has 10 heteroatoms. The van der Waals surface area contributed by atoms with Crippen LogP contribution in [-0.4, -0.2) is 20.1 Å². The molecule has 0 heterocycles. The van der Waals surface area contributed by atoms with Crippen LogP contribution in [0.4, 0.5) is 24.5 Å². The summed E-state index contributed by atoms with van der Waals surface area (Å²) >= 11 is 5.98. The minimum atomic E-state index is -4.56. The Balaban J connectivity index is 2.19. The molecular weight excluding hydrogens is 393 g/mol. The smallest absolute Gasteiger partial charge is 0.322 e. The van der Waals surface area contributed by atoms with Gasteiger partial charge in [-0.2, -0.15) is 13.2 Å². The van der Waals surface area contributed by atoms with Crippen LogP contribution in [-0.2, 0) is 16.2 Å². The van der Waals surface area contributed by atoms with E-state index in [1.807, 2.05) is 0 Å². The highest BCUT2D eigenvalue weighted by molar-refractivity contribution is 7.92. The third-order valence-corrected chi connectivity index (χ3v) is 4.93. The summed E-state index contributed by atoms with van der Waals surface area (Å²) in [6.07, 6.45) is -4.56. The lowest BCUT2D eigenvalue weighted by atomic mass is 10.1. The number of anilines is 2. The monoisotopic (exact) mass is 406 g/mol. The van der Waals surface area contributed by atoms with Crippen LogP contribution in [0.15, 0.2) is 42.5 Å². The lowest BCUT2D eigenvalue weighted by Crippen LogP contribution is -2.16. The molecule has 0 aliphatic carbocycles. The van der Waals surface area contributed by atoms with Crippen LogP contribution in [0.25, 0.3) is 0 Å².